The van der Waals surface area contributed by atoms with E-state index in [9.17, 15) is 4.39 Å². The third-order valence-corrected chi connectivity index (χ3v) is 5.51. The first-order valence-electron chi connectivity index (χ1n) is 8.72. The predicted octanol–water partition coefficient (Wildman–Crippen LogP) is 3.88. The molecule has 2 aromatic heterocycles. The van der Waals surface area contributed by atoms with Crippen molar-refractivity contribution in [2.45, 2.75) is 32.4 Å². The van der Waals surface area contributed by atoms with Crippen molar-refractivity contribution in [3.8, 4) is 5.75 Å². The molecule has 1 N–H and O–H groups in total. The number of ether oxygens (including phenoxy) is 1. The maximum Gasteiger partial charge on any atom is 0.165 e. The molecule has 136 valence electrons. The highest BCUT2D eigenvalue weighted by molar-refractivity contribution is 7.11. The van der Waals surface area contributed by atoms with E-state index in [1.807, 2.05) is 19.2 Å². The van der Waals surface area contributed by atoms with Gasteiger partial charge in [0.25, 0.3) is 0 Å². The molecule has 1 fully saturated rings. The molecule has 0 spiro atoms. The fourth-order valence-electron chi connectivity index (χ4n) is 3.30. The van der Waals surface area contributed by atoms with Crippen LogP contribution in [0.15, 0.2) is 36.5 Å². The van der Waals surface area contributed by atoms with Gasteiger partial charge in [-0.05, 0) is 38.1 Å². The first-order valence-corrected chi connectivity index (χ1v) is 9.54. The van der Waals surface area contributed by atoms with Crippen LogP contribution in [0, 0.1) is 12.7 Å². The molecule has 0 saturated carbocycles. The summed E-state index contributed by atoms with van der Waals surface area (Å²) in [5.74, 6) is 0.329. The van der Waals surface area contributed by atoms with Crippen molar-refractivity contribution in [2.24, 2.45) is 0 Å². The molecule has 1 atom stereocenters. The van der Waals surface area contributed by atoms with Crippen LogP contribution in [0.4, 0.5) is 4.39 Å². The minimum Gasteiger partial charge on any atom is -0.484 e. The highest BCUT2D eigenvalue weighted by Gasteiger charge is 2.26. The summed E-state index contributed by atoms with van der Waals surface area (Å²) in [5.41, 5.74) is 1.92. The first kappa shape index (κ1) is 17.2. The van der Waals surface area contributed by atoms with Crippen LogP contribution in [0.1, 0.15) is 33.6 Å². The number of nitrogens with zero attached hydrogens (tertiary/aromatic N) is 3. The zero-order chi connectivity index (χ0) is 17.9. The summed E-state index contributed by atoms with van der Waals surface area (Å²) < 4.78 is 19.1. The van der Waals surface area contributed by atoms with Crippen LogP contribution in [-0.2, 0) is 13.2 Å². The summed E-state index contributed by atoms with van der Waals surface area (Å²) in [6, 6.07) is 8.46. The van der Waals surface area contributed by atoms with Crippen LogP contribution in [-0.4, -0.2) is 33.2 Å². The molecule has 0 bridgehead atoms. The number of H-pyrrole nitrogens is 1. The van der Waals surface area contributed by atoms with Gasteiger partial charge in [-0.1, -0.05) is 12.1 Å². The van der Waals surface area contributed by atoms with Crippen molar-refractivity contribution >= 4 is 11.3 Å². The molecule has 1 unspecified atom stereocenters. The Hall–Kier alpha value is -2.25. The molecular weight excluding hydrogens is 351 g/mol. The lowest BCUT2D eigenvalue weighted by atomic mass is 10.1. The number of aromatic amines is 1. The quantitative estimate of drug-likeness (QED) is 0.713. The largest absolute Gasteiger partial charge is 0.484 e. The van der Waals surface area contributed by atoms with E-state index in [1.54, 1.807) is 29.5 Å². The van der Waals surface area contributed by atoms with Crippen molar-refractivity contribution in [1.82, 2.24) is 20.1 Å². The molecule has 7 heteroatoms. The summed E-state index contributed by atoms with van der Waals surface area (Å²) in [6.07, 6.45) is 3.07. The van der Waals surface area contributed by atoms with Gasteiger partial charge in [0.05, 0.1) is 16.4 Å². The molecule has 26 heavy (non-hydrogen) atoms. The number of aryl methyl sites for hydroxylation is 1. The number of halogens is 1. The van der Waals surface area contributed by atoms with E-state index in [0.717, 1.165) is 42.5 Å². The van der Waals surface area contributed by atoms with Gasteiger partial charge in [-0.15, -0.1) is 11.3 Å². The number of thiazole rings is 1. The Balaban J connectivity index is 1.32. The zero-order valence-corrected chi connectivity index (χ0v) is 15.4. The average molecular weight is 372 g/mol. The van der Waals surface area contributed by atoms with Crippen LogP contribution < -0.4 is 4.74 Å². The van der Waals surface area contributed by atoms with Crippen molar-refractivity contribution < 1.29 is 9.13 Å². The number of hydrogen-bond acceptors (Lipinski definition) is 5. The van der Waals surface area contributed by atoms with Gasteiger partial charge >= 0.3 is 0 Å². The lowest BCUT2D eigenvalue weighted by Crippen LogP contribution is -2.19. The van der Waals surface area contributed by atoms with E-state index in [4.69, 9.17) is 4.74 Å². The fourth-order valence-corrected chi connectivity index (χ4v) is 4.13. The van der Waals surface area contributed by atoms with E-state index >= 15 is 0 Å². The molecular formula is C19H21FN4OS. The smallest absolute Gasteiger partial charge is 0.165 e. The Bertz CT molecular complexity index is 878. The lowest BCUT2D eigenvalue weighted by molar-refractivity contribution is 0.286. The Kier molecular flexibility index (Phi) is 4.99. The summed E-state index contributed by atoms with van der Waals surface area (Å²) in [7, 11) is 0. The van der Waals surface area contributed by atoms with Crippen molar-refractivity contribution in [1.29, 1.82) is 0 Å². The molecule has 5 nitrogen and oxygen atoms in total. The predicted molar refractivity (Wildman–Crippen MR) is 98.8 cm³/mol. The summed E-state index contributed by atoms with van der Waals surface area (Å²) in [4.78, 5) is 8.08. The van der Waals surface area contributed by atoms with E-state index in [0.29, 0.717) is 5.92 Å². The van der Waals surface area contributed by atoms with Gasteiger partial charge in [0.15, 0.2) is 11.6 Å². The van der Waals surface area contributed by atoms with Crippen molar-refractivity contribution in [3.05, 3.63) is 63.6 Å². The maximum absolute atomic E-state index is 13.6. The number of rotatable bonds is 6. The minimum absolute atomic E-state index is 0.260. The first-order chi connectivity index (χ1) is 12.7. The van der Waals surface area contributed by atoms with Crippen LogP contribution in [0.5, 0.6) is 5.75 Å². The normalized spacial score (nSPS) is 17.7. The number of nitrogens with one attached hydrogen (secondary N) is 1. The summed E-state index contributed by atoms with van der Waals surface area (Å²) in [5, 5.41) is 8.57. The van der Waals surface area contributed by atoms with Crippen LogP contribution in [0.25, 0.3) is 0 Å². The zero-order valence-electron chi connectivity index (χ0n) is 14.6. The minimum atomic E-state index is -0.350. The van der Waals surface area contributed by atoms with Gasteiger partial charge in [0.1, 0.15) is 6.61 Å². The third-order valence-electron chi connectivity index (χ3n) is 4.61. The standard InChI is InChI=1S/C19H21FN4OS/c1-13-21-9-16(26-13)11-24-7-6-14(10-24)18-8-15(22-23-18)12-25-19-5-3-2-4-17(19)20/h2-5,8-9,14H,6-7,10-12H2,1H3,(H,22,23). The van der Waals surface area contributed by atoms with Crippen LogP contribution >= 0.6 is 11.3 Å². The summed E-state index contributed by atoms with van der Waals surface area (Å²) in [6.45, 7) is 5.33. The van der Waals surface area contributed by atoms with Gasteiger partial charge in [-0.25, -0.2) is 9.37 Å². The fraction of sp³-hybridized carbons (Fsp3) is 0.368. The number of aromatic nitrogens is 3. The molecule has 1 aliphatic heterocycles. The third kappa shape index (κ3) is 3.94. The van der Waals surface area contributed by atoms with Crippen molar-refractivity contribution in [2.75, 3.05) is 13.1 Å². The second kappa shape index (κ2) is 7.55. The maximum atomic E-state index is 13.6. The average Bonchev–Trinajstić information content (AvgIpc) is 3.36. The highest BCUT2D eigenvalue weighted by Crippen LogP contribution is 2.28. The number of likely N-dealkylation sites (tertiary alicyclic amines) is 1. The molecule has 1 aromatic carbocycles. The molecule has 1 aliphatic rings. The second-order valence-corrected chi connectivity index (χ2v) is 7.92. The summed E-state index contributed by atoms with van der Waals surface area (Å²) >= 11 is 1.76. The van der Waals surface area contributed by atoms with Gasteiger partial charge in [0.2, 0.25) is 0 Å². The number of para-hydroxylation sites is 1. The molecule has 0 amide bonds. The van der Waals surface area contributed by atoms with E-state index in [2.05, 4.69) is 20.1 Å². The molecule has 3 heterocycles. The molecule has 0 radical (unpaired) electrons. The molecule has 4 rings (SSSR count). The topological polar surface area (TPSA) is 54.0 Å². The van der Waals surface area contributed by atoms with Crippen LogP contribution in [0.3, 0.4) is 0 Å². The van der Waals surface area contributed by atoms with E-state index in [1.165, 1.54) is 10.9 Å². The highest BCUT2D eigenvalue weighted by atomic mass is 32.1. The Morgan fingerprint density at radius 1 is 1.38 bits per heavy atom. The molecule has 3 aromatic rings. The van der Waals surface area contributed by atoms with Crippen molar-refractivity contribution in [3.63, 3.8) is 0 Å². The van der Waals surface area contributed by atoms with E-state index < -0.39 is 0 Å². The second-order valence-electron chi connectivity index (χ2n) is 6.60. The molecule has 0 aliphatic carbocycles. The van der Waals surface area contributed by atoms with Gasteiger partial charge in [0, 0.05) is 30.1 Å². The number of hydrogen-bond donors (Lipinski definition) is 1. The SMILES string of the molecule is Cc1ncc(CN2CCC(c3cc(COc4ccccc4F)[nH]n3)C2)s1. The van der Waals surface area contributed by atoms with Gasteiger partial charge < -0.3 is 4.74 Å². The molecule has 1 saturated heterocycles. The monoisotopic (exact) mass is 372 g/mol. The Labute approximate surface area is 155 Å². The van der Waals surface area contributed by atoms with Crippen LogP contribution in [0.2, 0.25) is 0 Å². The van der Waals surface area contributed by atoms with Gasteiger partial charge in [-0.3, -0.25) is 10.00 Å². The Morgan fingerprint density at radius 2 is 2.27 bits per heavy atom. The lowest BCUT2D eigenvalue weighted by Gasteiger charge is -2.13. The Morgan fingerprint density at radius 3 is 3.08 bits per heavy atom. The van der Waals surface area contributed by atoms with E-state index in [-0.39, 0.29) is 18.2 Å². The number of benzene rings is 1. The van der Waals surface area contributed by atoms with Gasteiger partial charge in [-0.2, -0.15) is 5.10 Å².